The first kappa shape index (κ1) is 18.3. The van der Waals surface area contributed by atoms with Crippen molar-refractivity contribution < 1.29 is 13.6 Å². The molecule has 0 aliphatic rings. The summed E-state index contributed by atoms with van der Waals surface area (Å²) in [5.74, 6) is -0.798. The maximum absolute atomic E-state index is 13.2. The fourth-order valence-electron chi connectivity index (χ4n) is 3.06. The molecule has 4 heteroatoms. The Bertz CT molecular complexity index is 651. The van der Waals surface area contributed by atoms with Crippen LogP contribution in [0, 0.1) is 0 Å². The van der Waals surface area contributed by atoms with Gasteiger partial charge in [0.15, 0.2) is 12.1 Å². The molecule has 0 atom stereocenters. The first-order valence-corrected chi connectivity index (χ1v) is 9.88. The van der Waals surface area contributed by atoms with E-state index < -0.39 is 14.1 Å². The molecule has 2 nitrogen and oxygen atoms in total. The van der Waals surface area contributed by atoms with Crippen LogP contribution in [0.25, 0.3) is 0 Å². The molecule has 0 saturated carbocycles. The number of benzene rings is 2. The Kier molecular flexibility index (Phi) is 5.86. The van der Waals surface area contributed by atoms with Gasteiger partial charge in [0.1, 0.15) is 0 Å². The van der Waals surface area contributed by atoms with Crippen molar-refractivity contribution in [3.63, 3.8) is 0 Å². The molecule has 24 heavy (non-hydrogen) atoms. The third kappa shape index (κ3) is 3.71. The summed E-state index contributed by atoms with van der Waals surface area (Å²) in [5, 5.41) is 2.09. The van der Waals surface area contributed by atoms with Crippen LogP contribution in [0.1, 0.15) is 20.8 Å². The topological polar surface area (TPSA) is 26.3 Å². The van der Waals surface area contributed by atoms with E-state index in [1.807, 2.05) is 36.4 Å². The number of carbonyl (C=O) groups is 1. The van der Waals surface area contributed by atoms with Crippen LogP contribution in [0.5, 0.6) is 0 Å². The molecule has 0 heterocycles. The highest BCUT2D eigenvalue weighted by Crippen LogP contribution is 2.36. The summed E-state index contributed by atoms with van der Waals surface area (Å²) in [7, 11) is -2.66. The third-order valence-electron chi connectivity index (χ3n) is 4.11. The molecule has 0 radical (unpaired) electrons. The summed E-state index contributed by atoms with van der Waals surface area (Å²) < 4.78 is 19.6. The molecule has 0 amide bonds. The van der Waals surface area contributed by atoms with E-state index in [4.69, 9.17) is 4.43 Å². The fraction of sp³-hybridized carbons (Fsp3) is 0.250. The van der Waals surface area contributed by atoms with Gasteiger partial charge in [-0.25, -0.2) is 4.39 Å². The van der Waals surface area contributed by atoms with Crippen LogP contribution < -0.4 is 10.4 Å². The summed E-state index contributed by atoms with van der Waals surface area (Å²) >= 11 is 0. The van der Waals surface area contributed by atoms with Gasteiger partial charge in [-0.1, -0.05) is 81.4 Å². The highest BCUT2D eigenvalue weighted by Gasteiger charge is 2.49. The minimum atomic E-state index is -2.66. The summed E-state index contributed by atoms with van der Waals surface area (Å²) in [6.07, 6.45) is 1.40. The number of aldehydes is 1. The Hall–Kier alpha value is -2.04. The zero-order chi connectivity index (χ0) is 17.6. The molecule has 0 spiro atoms. The Balaban J connectivity index is 2.59. The fourth-order valence-corrected chi connectivity index (χ4v) is 7.54. The van der Waals surface area contributed by atoms with Crippen LogP contribution in [0.4, 0.5) is 4.39 Å². The van der Waals surface area contributed by atoms with Crippen molar-refractivity contribution in [2.24, 2.45) is 0 Å². The molecular weight excluding hydrogens is 319 g/mol. The summed E-state index contributed by atoms with van der Waals surface area (Å²) in [6.45, 7) is 6.52. The van der Waals surface area contributed by atoms with Crippen molar-refractivity contribution in [1.82, 2.24) is 0 Å². The van der Waals surface area contributed by atoms with Crippen LogP contribution in [-0.4, -0.2) is 21.2 Å². The van der Waals surface area contributed by atoms with E-state index in [9.17, 15) is 9.18 Å². The lowest BCUT2D eigenvalue weighted by Gasteiger charge is -2.42. The average molecular weight is 342 g/mol. The molecule has 0 fully saturated rings. The molecule has 0 saturated heterocycles. The van der Waals surface area contributed by atoms with Gasteiger partial charge in [-0.3, -0.25) is 4.79 Å². The predicted octanol–water partition coefficient (Wildman–Crippen LogP) is 3.62. The zero-order valence-electron chi connectivity index (χ0n) is 14.3. The molecule has 2 aromatic carbocycles. The minimum absolute atomic E-state index is 0.0673. The standard InChI is InChI=1S/C20H23FO2Si/c1-20(2,3)24(18-10-6-4-7-11-18,19-12-8-5-9-13-19)23-15-14-17(21)16-22/h4-14,16H,15H2,1-3H3/b17-14-. The van der Waals surface area contributed by atoms with Gasteiger partial charge in [0.2, 0.25) is 0 Å². The molecule has 0 unspecified atom stereocenters. The zero-order valence-corrected chi connectivity index (χ0v) is 15.3. The van der Waals surface area contributed by atoms with Gasteiger partial charge >= 0.3 is 0 Å². The molecular formula is C20H23FO2Si. The molecule has 2 aromatic rings. The lowest BCUT2D eigenvalue weighted by molar-refractivity contribution is -0.106. The number of hydrogen-bond donors (Lipinski definition) is 0. The Morgan fingerprint density at radius 3 is 1.83 bits per heavy atom. The second kappa shape index (κ2) is 7.68. The predicted molar refractivity (Wildman–Crippen MR) is 98.8 cm³/mol. The quantitative estimate of drug-likeness (QED) is 0.455. The number of allylic oxidation sites excluding steroid dienone is 1. The van der Waals surface area contributed by atoms with E-state index in [0.29, 0.717) is 0 Å². The highest BCUT2D eigenvalue weighted by molar-refractivity contribution is 6.99. The SMILES string of the molecule is CC(C)(C)[Si](OC/C=C(\F)C=O)(c1ccccc1)c1ccccc1. The summed E-state index contributed by atoms with van der Waals surface area (Å²) in [4.78, 5) is 10.5. The number of carbonyl (C=O) groups excluding carboxylic acids is 1. The lowest BCUT2D eigenvalue weighted by Crippen LogP contribution is -2.66. The van der Waals surface area contributed by atoms with E-state index in [-0.39, 0.29) is 17.9 Å². The largest absolute Gasteiger partial charge is 0.404 e. The monoisotopic (exact) mass is 342 g/mol. The average Bonchev–Trinajstić information content (AvgIpc) is 2.59. The Morgan fingerprint density at radius 2 is 1.46 bits per heavy atom. The van der Waals surface area contributed by atoms with Gasteiger partial charge in [-0.2, -0.15) is 0 Å². The van der Waals surface area contributed by atoms with Crippen molar-refractivity contribution in [1.29, 1.82) is 0 Å². The minimum Gasteiger partial charge on any atom is -0.404 e. The number of hydrogen-bond acceptors (Lipinski definition) is 2. The number of halogens is 1. The van der Waals surface area contributed by atoms with Crippen molar-refractivity contribution in [2.75, 3.05) is 6.61 Å². The van der Waals surface area contributed by atoms with E-state index >= 15 is 0 Å². The van der Waals surface area contributed by atoms with Crippen molar-refractivity contribution in [2.45, 2.75) is 25.8 Å². The maximum Gasteiger partial charge on any atom is 0.261 e. The van der Waals surface area contributed by atoms with Gasteiger partial charge in [0.25, 0.3) is 8.32 Å². The molecule has 0 aliphatic heterocycles. The Morgan fingerprint density at radius 1 is 1.00 bits per heavy atom. The van der Waals surface area contributed by atoms with Crippen LogP contribution in [0.2, 0.25) is 5.04 Å². The Labute approximate surface area is 144 Å². The van der Waals surface area contributed by atoms with Crippen LogP contribution >= 0.6 is 0 Å². The van der Waals surface area contributed by atoms with Crippen LogP contribution in [0.3, 0.4) is 0 Å². The van der Waals surface area contributed by atoms with E-state index in [2.05, 4.69) is 45.0 Å². The van der Waals surface area contributed by atoms with Crippen molar-refractivity contribution in [3.8, 4) is 0 Å². The van der Waals surface area contributed by atoms with Crippen LogP contribution in [0.15, 0.2) is 72.6 Å². The van der Waals surface area contributed by atoms with Crippen molar-refractivity contribution in [3.05, 3.63) is 72.6 Å². The second-order valence-electron chi connectivity index (χ2n) is 6.68. The smallest absolute Gasteiger partial charge is 0.261 e. The first-order chi connectivity index (χ1) is 11.4. The van der Waals surface area contributed by atoms with Crippen molar-refractivity contribution >= 4 is 25.0 Å². The summed E-state index contributed by atoms with van der Waals surface area (Å²) in [6, 6.07) is 20.2. The van der Waals surface area contributed by atoms with E-state index in [1.54, 1.807) is 0 Å². The van der Waals surface area contributed by atoms with Crippen LogP contribution in [-0.2, 0) is 9.22 Å². The highest BCUT2D eigenvalue weighted by atomic mass is 28.4. The van der Waals surface area contributed by atoms with Gasteiger partial charge in [0, 0.05) is 0 Å². The van der Waals surface area contributed by atoms with Gasteiger partial charge < -0.3 is 4.43 Å². The maximum atomic E-state index is 13.2. The first-order valence-electron chi connectivity index (χ1n) is 7.97. The second-order valence-corrected chi connectivity index (χ2v) is 11.0. The summed E-state index contributed by atoms with van der Waals surface area (Å²) in [5.41, 5.74) is 0. The van der Waals surface area contributed by atoms with Gasteiger partial charge in [-0.05, 0) is 21.5 Å². The van der Waals surface area contributed by atoms with Gasteiger partial charge in [0.05, 0.1) is 6.61 Å². The van der Waals surface area contributed by atoms with Gasteiger partial charge in [-0.15, -0.1) is 0 Å². The van der Waals surface area contributed by atoms with E-state index in [0.717, 1.165) is 10.4 Å². The molecule has 0 N–H and O–H groups in total. The van der Waals surface area contributed by atoms with E-state index in [1.165, 1.54) is 6.08 Å². The molecule has 0 aromatic heterocycles. The molecule has 0 bridgehead atoms. The number of rotatable bonds is 6. The molecule has 0 aliphatic carbocycles. The third-order valence-corrected chi connectivity index (χ3v) is 9.11. The molecule has 126 valence electrons. The normalized spacial score (nSPS) is 12.9. The lowest BCUT2D eigenvalue weighted by atomic mass is 10.2. The molecule has 2 rings (SSSR count).